The summed E-state index contributed by atoms with van der Waals surface area (Å²) in [7, 11) is 1.33. The number of ketones is 1. The van der Waals surface area contributed by atoms with Gasteiger partial charge in [0.1, 0.15) is 12.5 Å². The molecule has 3 aromatic heterocycles. The van der Waals surface area contributed by atoms with Gasteiger partial charge in [-0.2, -0.15) is 0 Å². The Labute approximate surface area is 332 Å². The number of Topliss-reactive ketones (excluding diaryl/α,β-unsaturated/α-hetero) is 1. The van der Waals surface area contributed by atoms with Crippen molar-refractivity contribution in [1.29, 1.82) is 0 Å². The van der Waals surface area contributed by atoms with Crippen LogP contribution < -0.4 is 16.0 Å². The van der Waals surface area contributed by atoms with E-state index in [0.717, 1.165) is 76.3 Å². The smallest absolute Gasteiger partial charge is 0.321 e. The number of hydrogen-bond donors (Lipinski definition) is 4. The molecule has 2 aliphatic heterocycles. The number of ether oxygens (including phenoxy) is 2. The maximum atomic E-state index is 14.3. The minimum absolute atomic E-state index is 0.0575. The van der Waals surface area contributed by atoms with Crippen LogP contribution in [0.3, 0.4) is 0 Å². The molecule has 3 aromatic rings. The number of hydrogen-bond acceptors (Lipinski definition) is 6. The summed E-state index contributed by atoms with van der Waals surface area (Å²) in [6, 6.07) is 0. The van der Waals surface area contributed by atoms with Crippen LogP contribution in [0.4, 0.5) is 0 Å². The summed E-state index contributed by atoms with van der Waals surface area (Å²) in [6.45, 7) is 19.6. The van der Waals surface area contributed by atoms with Gasteiger partial charge in [0.2, 0.25) is 0 Å². The molecular weight excluding hydrogens is 701 g/mol. The molecule has 0 radical (unpaired) electrons. The van der Waals surface area contributed by atoms with Crippen LogP contribution >= 0.6 is 0 Å². The first-order valence-electron chi connectivity index (χ1n) is 20.8. The van der Waals surface area contributed by atoms with Gasteiger partial charge in [-0.25, -0.2) is 0 Å². The first kappa shape index (κ1) is 40.9. The van der Waals surface area contributed by atoms with Crippen LogP contribution in [0.15, 0.2) is 23.0 Å². The van der Waals surface area contributed by atoms with Crippen LogP contribution in [0.5, 0.6) is 0 Å². The first-order valence-corrected chi connectivity index (χ1v) is 20.8. The normalized spacial score (nSPS) is 22.8. The van der Waals surface area contributed by atoms with Crippen molar-refractivity contribution in [2.24, 2.45) is 23.7 Å². The highest BCUT2D eigenvalue weighted by molar-refractivity contribution is 6.24. The van der Waals surface area contributed by atoms with Gasteiger partial charge in [0.15, 0.2) is 5.78 Å². The Morgan fingerprint density at radius 3 is 2.29 bits per heavy atom. The Morgan fingerprint density at radius 1 is 0.875 bits per heavy atom. The molecule has 6 rings (SSSR count). The Hall–Kier alpha value is -4.79. The van der Waals surface area contributed by atoms with Crippen molar-refractivity contribution in [3.8, 4) is 0 Å². The molecule has 1 saturated heterocycles. The largest absolute Gasteiger partial charge is 0.468 e. The van der Waals surface area contributed by atoms with Gasteiger partial charge in [0.25, 0.3) is 0 Å². The molecule has 0 amide bonds. The summed E-state index contributed by atoms with van der Waals surface area (Å²) >= 11 is 0. The van der Waals surface area contributed by atoms with Crippen LogP contribution in [0.2, 0.25) is 0 Å². The van der Waals surface area contributed by atoms with E-state index in [1.165, 1.54) is 54.2 Å². The van der Waals surface area contributed by atoms with Crippen molar-refractivity contribution >= 4 is 41.5 Å². The van der Waals surface area contributed by atoms with Crippen LogP contribution in [0.1, 0.15) is 147 Å². The topological polar surface area (TPSA) is 129 Å². The predicted molar refractivity (Wildman–Crippen MR) is 224 cm³/mol. The molecule has 4 atom stereocenters. The maximum absolute atomic E-state index is 14.3. The number of allylic oxidation sites excluding steroid dienone is 3. The van der Waals surface area contributed by atoms with Gasteiger partial charge in [-0.1, -0.05) is 59.5 Å². The van der Waals surface area contributed by atoms with Crippen molar-refractivity contribution in [2.75, 3.05) is 13.7 Å². The van der Waals surface area contributed by atoms with E-state index in [4.69, 9.17) is 9.47 Å². The fraction of sp³-hybridized carbons (Fsp3) is 0.511. The van der Waals surface area contributed by atoms with E-state index in [0.29, 0.717) is 23.3 Å². The molecule has 0 aromatic carbocycles. The van der Waals surface area contributed by atoms with Crippen LogP contribution in [-0.4, -0.2) is 46.4 Å². The van der Waals surface area contributed by atoms with Crippen molar-refractivity contribution in [3.63, 3.8) is 0 Å². The number of aromatic nitrogens is 3. The van der Waals surface area contributed by atoms with Crippen molar-refractivity contribution in [3.05, 3.63) is 89.9 Å². The molecule has 8 bridgehead atoms. The van der Waals surface area contributed by atoms with Gasteiger partial charge in [0, 0.05) is 68.6 Å². The number of H-pyrrole nitrogens is 3. The predicted octanol–water partition coefficient (Wildman–Crippen LogP) is 8.16. The summed E-state index contributed by atoms with van der Waals surface area (Å²) in [5.74, 6) is -1.79. The van der Waals surface area contributed by atoms with E-state index in [1.54, 1.807) is 0 Å². The van der Waals surface area contributed by atoms with E-state index in [9.17, 15) is 14.4 Å². The van der Waals surface area contributed by atoms with E-state index in [-0.39, 0.29) is 36.6 Å². The third-order valence-electron chi connectivity index (χ3n) is 12.7. The van der Waals surface area contributed by atoms with Crippen LogP contribution in [0, 0.1) is 44.4 Å². The lowest BCUT2D eigenvalue weighted by molar-refractivity contribution is -0.143. The Kier molecular flexibility index (Phi) is 12.5. The summed E-state index contributed by atoms with van der Waals surface area (Å²) in [4.78, 5) is 52.2. The molecule has 1 fully saturated rings. The lowest BCUT2D eigenvalue weighted by atomic mass is 9.85. The maximum Gasteiger partial charge on any atom is 0.321 e. The molecule has 9 nitrogen and oxygen atoms in total. The number of carbonyl (C=O) groups excluding carboxylic acids is 3. The molecule has 300 valence electrons. The number of esters is 2. The lowest BCUT2D eigenvalue weighted by Crippen LogP contribution is -2.25. The number of carbonyl (C=O) groups is 3. The summed E-state index contributed by atoms with van der Waals surface area (Å²) in [5, 5.41) is 5.74. The van der Waals surface area contributed by atoms with Crippen molar-refractivity contribution in [1.82, 2.24) is 20.3 Å². The number of fused-ring (bicyclic) bond motifs is 7. The number of rotatable bonds is 14. The van der Waals surface area contributed by atoms with Gasteiger partial charge in [-0.05, 0) is 118 Å². The molecule has 0 spiro atoms. The second-order valence-electron chi connectivity index (χ2n) is 16.3. The Balaban J connectivity index is 1.42. The van der Waals surface area contributed by atoms with Gasteiger partial charge in [-0.15, -0.1) is 0 Å². The summed E-state index contributed by atoms with van der Waals surface area (Å²) < 4.78 is 11.0. The van der Waals surface area contributed by atoms with Gasteiger partial charge < -0.3 is 29.7 Å². The molecule has 3 aliphatic rings. The third-order valence-corrected chi connectivity index (χ3v) is 12.7. The fourth-order valence-corrected chi connectivity index (χ4v) is 9.32. The zero-order valence-electron chi connectivity index (χ0n) is 35.2. The minimum Gasteiger partial charge on any atom is -0.468 e. The standard InChI is InChI=1S/C47H62N4O5/c1-11-15-25(4)16-14-17-26(5)20-21-56-40(52)19-18-33-29(8)36-22-34-27(6)31(12-2)38(48-34)23-35-28(7)32(13-3)39(49-35)24-37-30(9)41-45(51-37)42(44(33)50-36)43(46(41)53)47(54)55-10/h20,22-25,29,33,43,48-51H,11-19,21H2,1-10H3/b26-20+,35-23-,36-22-,39-24-,44-42-/t25-,29+,33+,43-/m1/s1. The SMILES string of the molecule is CCC[C@@H](C)CCC/C(C)=C/COC(=O)CC[C@@H]1/C2=C3/c4[nH]c(c(C)c4C(=O)[C@@H]3C(=O)OC)/C=c3\[nH]/c(c(C)c3CC)=C\c3[nH]c(c(C)c3CC)/C=C(\N2)[C@H]1C. The zero-order valence-corrected chi connectivity index (χ0v) is 35.2. The third kappa shape index (κ3) is 7.78. The molecular formula is C47H62N4O5. The number of methoxy groups -OCH3 is 1. The lowest BCUT2D eigenvalue weighted by Gasteiger charge is -2.19. The highest BCUT2D eigenvalue weighted by Crippen LogP contribution is 2.48. The van der Waals surface area contributed by atoms with Gasteiger partial charge in [-0.3, -0.25) is 14.4 Å². The summed E-state index contributed by atoms with van der Waals surface area (Å²) in [5.41, 5.74) is 13.2. The molecule has 1 aliphatic carbocycles. The first-order chi connectivity index (χ1) is 26.8. The molecule has 9 heteroatoms. The monoisotopic (exact) mass is 762 g/mol. The van der Waals surface area contributed by atoms with Crippen LogP contribution in [0.25, 0.3) is 23.8 Å². The van der Waals surface area contributed by atoms with E-state index >= 15 is 0 Å². The molecule has 5 heterocycles. The van der Waals surface area contributed by atoms with E-state index in [2.05, 4.69) is 93.9 Å². The highest BCUT2D eigenvalue weighted by Gasteiger charge is 2.48. The second kappa shape index (κ2) is 17.1. The summed E-state index contributed by atoms with van der Waals surface area (Å²) in [6.07, 6.45) is 16.7. The highest BCUT2D eigenvalue weighted by atomic mass is 16.5. The van der Waals surface area contributed by atoms with Crippen molar-refractivity contribution < 1.29 is 23.9 Å². The zero-order chi connectivity index (χ0) is 40.4. The average Bonchev–Trinajstić information content (AvgIpc) is 3.91. The molecule has 0 unspecified atom stereocenters. The quantitative estimate of drug-likeness (QED) is 0.0746. The van der Waals surface area contributed by atoms with Crippen molar-refractivity contribution in [2.45, 2.75) is 120 Å². The number of aromatic amines is 3. The average molecular weight is 763 g/mol. The van der Waals surface area contributed by atoms with E-state index in [1.807, 2.05) is 13.0 Å². The van der Waals surface area contributed by atoms with Gasteiger partial charge >= 0.3 is 11.9 Å². The Bertz CT molecular complexity index is 2240. The van der Waals surface area contributed by atoms with Gasteiger partial charge in [0.05, 0.1) is 12.8 Å². The second-order valence-corrected chi connectivity index (χ2v) is 16.3. The fourth-order valence-electron chi connectivity index (χ4n) is 9.32. The molecule has 56 heavy (non-hydrogen) atoms. The molecule has 4 N–H and O–H groups in total. The number of nitrogens with one attached hydrogen (secondary N) is 4. The van der Waals surface area contributed by atoms with Crippen LogP contribution in [-0.2, 0) is 31.9 Å². The van der Waals surface area contributed by atoms with E-state index < -0.39 is 11.9 Å². The molecule has 0 saturated carbocycles. The Morgan fingerprint density at radius 2 is 1.59 bits per heavy atom. The minimum atomic E-state index is -1.12.